The summed E-state index contributed by atoms with van der Waals surface area (Å²) < 4.78 is 0. The molecule has 0 bridgehead atoms. The van der Waals surface area contributed by atoms with E-state index in [9.17, 15) is 4.79 Å². The predicted molar refractivity (Wildman–Crippen MR) is 79.3 cm³/mol. The summed E-state index contributed by atoms with van der Waals surface area (Å²) in [7, 11) is 2.10. The molecule has 2 rings (SSSR count). The zero-order chi connectivity index (χ0) is 13.0. The van der Waals surface area contributed by atoms with Gasteiger partial charge in [-0.2, -0.15) is 0 Å². The second kappa shape index (κ2) is 7.48. The maximum atomic E-state index is 12.1. The molecule has 0 saturated carbocycles. The molecule has 1 saturated heterocycles. The minimum Gasteiger partial charge on any atom is -0.333 e. The minimum absolute atomic E-state index is 0. The summed E-state index contributed by atoms with van der Waals surface area (Å²) in [6.07, 6.45) is 0.438. The van der Waals surface area contributed by atoms with Crippen molar-refractivity contribution in [1.82, 2.24) is 9.80 Å². The van der Waals surface area contributed by atoms with Gasteiger partial charge in [-0.15, -0.1) is 12.4 Å². The minimum atomic E-state index is 0. The summed E-state index contributed by atoms with van der Waals surface area (Å²) >= 11 is 0. The lowest BCUT2D eigenvalue weighted by Gasteiger charge is -2.40. The van der Waals surface area contributed by atoms with E-state index in [1.807, 2.05) is 23.1 Å². The SMILES string of the molecule is CN1CCN(C(=O)CCN)C(c2ccccc2)C1.Cl. The van der Waals surface area contributed by atoms with Crippen LogP contribution in [0.25, 0.3) is 0 Å². The fraction of sp³-hybridized carbons (Fsp3) is 0.500. The molecule has 0 radical (unpaired) electrons. The van der Waals surface area contributed by atoms with Crippen LogP contribution < -0.4 is 5.73 Å². The topological polar surface area (TPSA) is 49.6 Å². The molecule has 0 aliphatic carbocycles. The summed E-state index contributed by atoms with van der Waals surface area (Å²) in [5.41, 5.74) is 6.69. The van der Waals surface area contributed by atoms with E-state index in [-0.39, 0.29) is 24.4 Å². The van der Waals surface area contributed by atoms with Crippen molar-refractivity contribution < 1.29 is 4.79 Å². The van der Waals surface area contributed by atoms with Gasteiger partial charge in [0.2, 0.25) is 5.91 Å². The highest BCUT2D eigenvalue weighted by atomic mass is 35.5. The van der Waals surface area contributed by atoms with Crippen LogP contribution in [0.5, 0.6) is 0 Å². The molecule has 1 aromatic carbocycles. The molecular formula is C14H22ClN3O. The van der Waals surface area contributed by atoms with E-state index in [0.29, 0.717) is 13.0 Å². The monoisotopic (exact) mass is 283 g/mol. The van der Waals surface area contributed by atoms with E-state index in [1.54, 1.807) is 0 Å². The first-order valence-electron chi connectivity index (χ1n) is 6.45. The van der Waals surface area contributed by atoms with Crippen molar-refractivity contribution in [2.45, 2.75) is 12.5 Å². The molecule has 106 valence electrons. The number of carbonyl (C=O) groups excluding carboxylic acids is 1. The number of nitrogens with zero attached hydrogens (tertiary/aromatic N) is 2. The van der Waals surface area contributed by atoms with Gasteiger partial charge in [-0.3, -0.25) is 4.79 Å². The molecule has 0 spiro atoms. The zero-order valence-corrected chi connectivity index (χ0v) is 12.1. The maximum Gasteiger partial charge on any atom is 0.224 e. The number of nitrogens with two attached hydrogens (primary N) is 1. The Morgan fingerprint density at radius 3 is 2.63 bits per heavy atom. The Morgan fingerprint density at radius 1 is 1.32 bits per heavy atom. The molecule has 1 unspecified atom stereocenters. The average molecular weight is 284 g/mol. The van der Waals surface area contributed by atoms with Crippen molar-refractivity contribution in [3.05, 3.63) is 35.9 Å². The molecule has 1 aromatic rings. The van der Waals surface area contributed by atoms with E-state index in [1.165, 1.54) is 5.56 Å². The number of piperazine rings is 1. The van der Waals surface area contributed by atoms with Crippen LogP contribution in [0.1, 0.15) is 18.0 Å². The molecule has 1 atom stereocenters. The summed E-state index contributed by atoms with van der Waals surface area (Å²) in [4.78, 5) is 16.4. The fourth-order valence-corrected chi connectivity index (χ4v) is 2.45. The molecule has 4 nitrogen and oxygen atoms in total. The van der Waals surface area contributed by atoms with Crippen molar-refractivity contribution in [2.75, 3.05) is 33.2 Å². The fourth-order valence-electron chi connectivity index (χ4n) is 2.45. The van der Waals surface area contributed by atoms with E-state index in [2.05, 4.69) is 24.1 Å². The number of benzene rings is 1. The van der Waals surface area contributed by atoms with Crippen LogP contribution in [0.15, 0.2) is 30.3 Å². The highest BCUT2D eigenvalue weighted by molar-refractivity contribution is 5.85. The first-order chi connectivity index (χ1) is 8.72. The number of rotatable bonds is 3. The maximum absolute atomic E-state index is 12.1. The van der Waals surface area contributed by atoms with Gasteiger partial charge in [-0.25, -0.2) is 0 Å². The van der Waals surface area contributed by atoms with Crippen molar-refractivity contribution in [3.8, 4) is 0 Å². The van der Waals surface area contributed by atoms with Gasteiger partial charge in [0.05, 0.1) is 6.04 Å². The van der Waals surface area contributed by atoms with Gasteiger partial charge in [0, 0.05) is 32.6 Å². The standard InChI is InChI=1S/C14H21N3O.ClH/c1-16-9-10-17(14(18)7-8-15)13(11-16)12-5-3-2-4-6-12;/h2-6,13H,7-11,15H2,1H3;1H. The van der Waals surface area contributed by atoms with E-state index in [0.717, 1.165) is 19.6 Å². The van der Waals surface area contributed by atoms with Gasteiger partial charge < -0.3 is 15.5 Å². The lowest BCUT2D eigenvalue weighted by atomic mass is 10.0. The predicted octanol–water partition coefficient (Wildman–Crippen LogP) is 1.27. The first-order valence-corrected chi connectivity index (χ1v) is 6.45. The molecule has 1 aliphatic heterocycles. The average Bonchev–Trinajstić information content (AvgIpc) is 2.40. The van der Waals surface area contributed by atoms with E-state index >= 15 is 0 Å². The first kappa shape index (κ1) is 16.0. The molecule has 2 N–H and O–H groups in total. The smallest absolute Gasteiger partial charge is 0.224 e. The molecule has 1 heterocycles. The molecule has 0 aromatic heterocycles. The van der Waals surface area contributed by atoms with Gasteiger partial charge in [0.1, 0.15) is 0 Å². The molecule has 5 heteroatoms. The Bertz CT molecular complexity index is 399. The van der Waals surface area contributed by atoms with Gasteiger partial charge in [0.25, 0.3) is 0 Å². The Balaban J connectivity index is 0.00000180. The third-order valence-electron chi connectivity index (χ3n) is 3.45. The molecule has 19 heavy (non-hydrogen) atoms. The van der Waals surface area contributed by atoms with Crippen LogP contribution in [0.4, 0.5) is 0 Å². The second-order valence-corrected chi connectivity index (χ2v) is 4.81. The third-order valence-corrected chi connectivity index (χ3v) is 3.45. The van der Waals surface area contributed by atoms with Crippen molar-refractivity contribution in [2.24, 2.45) is 5.73 Å². The normalized spacial score (nSPS) is 19.9. The van der Waals surface area contributed by atoms with Crippen LogP contribution >= 0.6 is 12.4 Å². The number of likely N-dealkylation sites (N-methyl/N-ethyl adjacent to an activating group) is 1. The van der Waals surface area contributed by atoms with Crippen LogP contribution in [-0.4, -0.2) is 48.9 Å². The second-order valence-electron chi connectivity index (χ2n) is 4.81. The van der Waals surface area contributed by atoms with Crippen molar-refractivity contribution in [3.63, 3.8) is 0 Å². The number of hydrogen-bond acceptors (Lipinski definition) is 3. The number of carbonyl (C=O) groups is 1. The van der Waals surface area contributed by atoms with Gasteiger partial charge >= 0.3 is 0 Å². The van der Waals surface area contributed by atoms with Crippen LogP contribution in [0.3, 0.4) is 0 Å². The molecule has 1 amide bonds. The lowest BCUT2D eigenvalue weighted by Crippen LogP contribution is -2.49. The Labute approximate surface area is 121 Å². The summed E-state index contributed by atoms with van der Waals surface area (Å²) in [5, 5.41) is 0. The van der Waals surface area contributed by atoms with Crippen LogP contribution in [0, 0.1) is 0 Å². The third kappa shape index (κ3) is 3.93. The van der Waals surface area contributed by atoms with E-state index < -0.39 is 0 Å². The molecule has 1 fully saturated rings. The Hall–Kier alpha value is -1.10. The van der Waals surface area contributed by atoms with Crippen molar-refractivity contribution in [1.29, 1.82) is 0 Å². The van der Waals surface area contributed by atoms with Crippen molar-refractivity contribution >= 4 is 18.3 Å². The summed E-state index contributed by atoms with van der Waals surface area (Å²) in [6, 6.07) is 10.4. The Kier molecular flexibility index (Phi) is 6.28. The highest BCUT2D eigenvalue weighted by Crippen LogP contribution is 2.25. The quantitative estimate of drug-likeness (QED) is 0.909. The van der Waals surface area contributed by atoms with Crippen LogP contribution in [-0.2, 0) is 4.79 Å². The Morgan fingerprint density at radius 2 is 2.00 bits per heavy atom. The summed E-state index contributed by atoms with van der Waals surface area (Å²) in [6.45, 7) is 3.03. The zero-order valence-electron chi connectivity index (χ0n) is 11.3. The largest absolute Gasteiger partial charge is 0.333 e. The van der Waals surface area contributed by atoms with Gasteiger partial charge in [-0.05, 0) is 12.6 Å². The van der Waals surface area contributed by atoms with Gasteiger partial charge in [0.15, 0.2) is 0 Å². The molecule has 1 aliphatic rings. The number of amides is 1. The molecular weight excluding hydrogens is 262 g/mol. The van der Waals surface area contributed by atoms with E-state index in [4.69, 9.17) is 5.73 Å². The number of hydrogen-bond donors (Lipinski definition) is 1. The lowest BCUT2D eigenvalue weighted by molar-refractivity contribution is -0.135. The van der Waals surface area contributed by atoms with Gasteiger partial charge in [-0.1, -0.05) is 30.3 Å². The summed E-state index contributed by atoms with van der Waals surface area (Å²) in [5.74, 6) is 0.166. The highest BCUT2D eigenvalue weighted by Gasteiger charge is 2.29. The van der Waals surface area contributed by atoms with Crippen LogP contribution in [0.2, 0.25) is 0 Å². The number of halogens is 1.